The van der Waals surface area contributed by atoms with Gasteiger partial charge in [-0.05, 0) is 13.8 Å². The van der Waals surface area contributed by atoms with Crippen molar-refractivity contribution in [3.05, 3.63) is 0 Å². The molecule has 0 aromatic rings. The first-order chi connectivity index (χ1) is 7.21. The Morgan fingerprint density at radius 2 is 2.19 bits per heavy atom. The maximum Gasteiger partial charge on any atom is 0.403 e. The highest BCUT2D eigenvalue weighted by atomic mass is 32.2. The summed E-state index contributed by atoms with van der Waals surface area (Å²) in [7, 11) is 0. The SMILES string of the molecule is CCOC(=O)C1SC(C)(C(F)(F)F)CC1=O. The van der Waals surface area contributed by atoms with Gasteiger partial charge in [0.15, 0.2) is 11.0 Å². The highest BCUT2D eigenvalue weighted by Gasteiger charge is 2.60. The summed E-state index contributed by atoms with van der Waals surface area (Å²) in [5.41, 5.74) is 0. The predicted octanol–water partition coefficient (Wildman–Crippen LogP) is 1.95. The van der Waals surface area contributed by atoms with E-state index in [4.69, 9.17) is 0 Å². The molecule has 1 fully saturated rings. The van der Waals surface area contributed by atoms with Gasteiger partial charge in [0, 0.05) is 6.42 Å². The van der Waals surface area contributed by atoms with Crippen molar-refractivity contribution in [3.8, 4) is 0 Å². The summed E-state index contributed by atoms with van der Waals surface area (Å²) in [6.45, 7) is 2.51. The van der Waals surface area contributed by atoms with Gasteiger partial charge in [0.2, 0.25) is 0 Å². The predicted molar refractivity (Wildman–Crippen MR) is 52.1 cm³/mol. The van der Waals surface area contributed by atoms with E-state index in [-0.39, 0.29) is 6.61 Å². The van der Waals surface area contributed by atoms with Crippen LogP contribution >= 0.6 is 11.8 Å². The van der Waals surface area contributed by atoms with Gasteiger partial charge in [-0.25, -0.2) is 0 Å². The summed E-state index contributed by atoms with van der Waals surface area (Å²) in [5, 5.41) is -1.34. The molecule has 16 heavy (non-hydrogen) atoms. The molecule has 7 heteroatoms. The number of rotatable bonds is 2. The number of hydrogen-bond donors (Lipinski definition) is 0. The lowest BCUT2D eigenvalue weighted by molar-refractivity contribution is -0.158. The Bertz CT molecular complexity index is 316. The van der Waals surface area contributed by atoms with Crippen molar-refractivity contribution in [1.29, 1.82) is 0 Å². The second kappa shape index (κ2) is 4.27. The molecular weight excluding hydrogens is 245 g/mol. The van der Waals surface area contributed by atoms with E-state index in [9.17, 15) is 22.8 Å². The maximum atomic E-state index is 12.6. The fourth-order valence-electron chi connectivity index (χ4n) is 1.36. The number of halogens is 3. The lowest BCUT2D eigenvalue weighted by Crippen LogP contribution is -2.37. The first-order valence-electron chi connectivity index (χ1n) is 4.65. The molecular formula is C9H11F3O3S. The van der Waals surface area contributed by atoms with Gasteiger partial charge in [0.1, 0.15) is 4.75 Å². The minimum Gasteiger partial charge on any atom is -0.465 e. The summed E-state index contributed by atoms with van der Waals surface area (Å²) in [4.78, 5) is 22.6. The van der Waals surface area contributed by atoms with Crippen LogP contribution in [0.1, 0.15) is 20.3 Å². The molecule has 0 aliphatic carbocycles. The fraction of sp³-hybridized carbons (Fsp3) is 0.778. The zero-order valence-electron chi connectivity index (χ0n) is 8.76. The summed E-state index contributed by atoms with van der Waals surface area (Å²) >= 11 is 0.327. The Balaban J connectivity index is 2.82. The molecule has 0 aromatic heterocycles. The summed E-state index contributed by atoms with van der Waals surface area (Å²) in [6.07, 6.45) is -5.18. The molecule has 1 saturated heterocycles. The van der Waals surface area contributed by atoms with Crippen LogP contribution < -0.4 is 0 Å². The molecule has 0 bridgehead atoms. The maximum absolute atomic E-state index is 12.6. The van der Waals surface area contributed by atoms with Gasteiger partial charge in [0.25, 0.3) is 0 Å². The molecule has 92 valence electrons. The van der Waals surface area contributed by atoms with Crippen molar-refractivity contribution in [2.45, 2.75) is 36.4 Å². The summed E-state index contributed by atoms with van der Waals surface area (Å²) in [5.74, 6) is -1.60. The van der Waals surface area contributed by atoms with Crippen molar-refractivity contribution in [1.82, 2.24) is 0 Å². The topological polar surface area (TPSA) is 43.4 Å². The molecule has 0 aromatic carbocycles. The quantitative estimate of drug-likeness (QED) is 0.559. The van der Waals surface area contributed by atoms with Crippen LogP contribution in [0.4, 0.5) is 13.2 Å². The number of hydrogen-bond acceptors (Lipinski definition) is 4. The average molecular weight is 256 g/mol. The largest absolute Gasteiger partial charge is 0.465 e. The number of carbonyl (C=O) groups is 2. The highest BCUT2D eigenvalue weighted by Crippen LogP contribution is 2.51. The molecule has 2 unspecified atom stereocenters. The van der Waals surface area contributed by atoms with Crippen LogP contribution in [0.3, 0.4) is 0 Å². The molecule has 2 atom stereocenters. The summed E-state index contributed by atoms with van der Waals surface area (Å²) < 4.78 is 40.2. The number of alkyl halides is 3. The van der Waals surface area contributed by atoms with Gasteiger partial charge in [-0.2, -0.15) is 13.2 Å². The van der Waals surface area contributed by atoms with E-state index < -0.39 is 34.3 Å². The smallest absolute Gasteiger partial charge is 0.403 e. The zero-order valence-corrected chi connectivity index (χ0v) is 9.57. The third-order valence-electron chi connectivity index (χ3n) is 2.28. The number of esters is 1. The van der Waals surface area contributed by atoms with Crippen LogP contribution in [0.5, 0.6) is 0 Å². The molecule has 1 rings (SSSR count). The van der Waals surface area contributed by atoms with Crippen LogP contribution in [0.25, 0.3) is 0 Å². The van der Waals surface area contributed by atoms with Crippen LogP contribution in [0.15, 0.2) is 0 Å². The van der Waals surface area contributed by atoms with E-state index >= 15 is 0 Å². The van der Waals surface area contributed by atoms with Gasteiger partial charge in [-0.1, -0.05) is 0 Å². The van der Waals surface area contributed by atoms with Crippen molar-refractivity contribution in [3.63, 3.8) is 0 Å². The third-order valence-corrected chi connectivity index (χ3v) is 3.87. The standard InChI is InChI=1S/C9H11F3O3S/c1-3-15-7(14)6-5(13)4-8(2,16-6)9(10,11)12/h6H,3-4H2,1-2H3. The number of carbonyl (C=O) groups excluding carboxylic acids is 2. The number of ketones is 1. The van der Waals surface area contributed by atoms with Crippen molar-refractivity contribution in [2.75, 3.05) is 6.61 Å². The molecule has 0 radical (unpaired) electrons. The van der Waals surface area contributed by atoms with Crippen LogP contribution in [-0.4, -0.2) is 34.5 Å². The molecule has 1 aliphatic heterocycles. The second-order valence-electron chi connectivity index (χ2n) is 3.62. The Hall–Kier alpha value is -0.720. The normalized spacial score (nSPS) is 30.6. The lowest BCUT2D eigenvalue weighted by Gasteiger charge is -2.25. The highest BCUT2D eigenvalue weighted by molar-refractivity contribution is 8.03. The van der Waals surface area contributed by atoms with Crippen LogP contribution in [0, 0.1) is 0 Å². The lowest BCUT2D eigenvalue weighted by atomic mass is 10.0. The van der Waals surface area contributed by atoms with E-state index in [1.165, 1.54) is 6.92 Å². The first kappa shape index (κ1) is 13.3. The van der Waals surface area contributed by atoms with Crippen LogP contribution in [-0.2, 0) is 14.3 Å². The third kappa shape index (κ3) is 2.34. The van der Waals surface area contributed by atoms with Crippen LogP contribution in [0.2, 0.25) is 0 Å². The zero-order chi connectivity index (χ0) is 12.6. The first-order valence-corrected chi connectivity index (χ1v) is 5.53. The Morgan fingerprint density at radius 1 is 1.62 bits per heavy atom. The molecule has 1 heterocycles. The molecule has 0 saturated carbocycles. The van der Waals surface area contributed by atoms with Gasteiger partial charge in [0.05, 0.1) is 6.61 Å². The van der Waals surface area contributed by atoms with Crippen molar-refractivity contribution in [2.24, 2.45) is 0 Å². The molecule has 0 N–H and O–H groups in total. The number of Topliss-reactive ketones (excluding diaryl/α,β-unsaturated/α-hetero) is 1. The Labute approximate surface area is 94.7 Å². The monoisotopic (exact) mass is 256 g/mol. The van der Waals surface area contributed by atoms with E-state index in [1.54, 1.807) is 0 Å². The van der Waals surface area contributed by atoms with Gasteiger partial charge in [-0.3, -0.25) is 9.59 Å². The molecule has 0 spiro atoms. The summed E-state index contributed by atoms with van der Waals surface area (Å²) in [6, 6.07) is 0. The minimum atomic E-state index is -4.51. The van der Waals surface area contributed by atoms with E-state index in [0.717, 1.165) is 6.92 Å². The second-order valence-corrected chi connectivity index (χ2v) is 5.23. The van der Waals surface area contributed by atoms with Gasteiger partial charge < -0.3 is 4.74 Å². The average Bonchev–Trinajstić information content (AvgIpc) is 2.42. The Morgan fingerprint density at radius 3 is 2.56 bits per heavy atom. The fourth-order valence-corrected chi connectivity index (χ4v) is 2.62. The van der Waals surface area contributed by atoms with E-state index in [1.807, 2.05) is 0 Å². The van der Waals surface area contributed by atoms with Crippen molar-refractivity contribution < 1.29 is 27.5 Å². The van der Waals surface area contributed by atoms with Gasteiger partial charge in [-0.15, -0.1) is 11.8 Å². The van der Waals surface area contributed by atoms with Crippen molar-refractivity contribution >= 4 is 23.5 Å². The molecule has 3 nitrogen and oxygen atoms in total. The van der Waals surface area contributed by atoms with Gasteiger partial charge >= 0.3 is 12.1 Å². The van der Waals surface area contributed by atoms with E-state index in [0.29, 0.717) is 11.8 Å². The number of ether oxygens (including phenoxy) is 1. The molecule has 1 aliphatic rings. The van der Waals surface area contributed by atoms with E-state index in [2.05, 4.69) is 4.74 Å². The minimum absolute atomic E-state index is 0.0475. The Kier molecular flexibility index (Phi) is 3.56. The molecule has 0 amide bonds. The number of thioether (sulfide) groups is 1.